The number of rotatable bonds is 3. The van der Waals surface area contributed by atoms with E-state index in [2.05, 4.69) is 4.98 Å². The molecule has 0 unspecified atom stereocenters. The molecule has 0 saturated heterocycles. The largest absolute Gasteiger partial charge is 0.368 e. The second kappa shape index (κ2) is 4.49. The molecule has 1 aromatic rings. The van der Waals surface area contributed by atoms with Gasteiger partial charge in [-0.2, -0.15) is 0 Å². The summed E-state index contributed by atoms with van der Waals surface area (Å²) in [6, 6.07) is 1.35. The molecule has 0 spiro atoms. The van der Waals surface area contributed by atoms with Crippen molar-refractivity contribution in [3.05, 3.63) is 29.8 Å². The number of aromatic nitrogens is 1. The van der Waals surface area contributed by atoms with Crippen LogP contribution in [0, 0.1) is 5.82 Å². The summed E-state index contributed by atoms with van der Waals surface area (Å²) in [5.41, 5.74) is -0.381. The van der Waals surface area contributed by atoms with E-state index >= 15 is 0 Å². The molecule has 0 aliphatic rings. The Morgan fingerprint density at radius 2 is 2.20 bits per heavy atom. The van der Waals surface area contributed by atoms with Gasteiger partial charge < -0.3 is 4.74 Å². The average Bonchev–Trinajstić information content (AvgIpc) is 2.14. The van der Waals surface area contributed by atoms with Gasteiger partial charge in [0.15, 0.2) is 11.6 Å². The Hall–Kier alpha value is -1.29. The fraction of sp³-hybridized carbons (Fsp3) is 0.455. The SMILES string of the molecule is CC(C)(C)OCC(=O)c1ccncc1F. The van der Waals surface area contributed by atoms with Crippen LogP contribution in [-0.4, -0.2) is 23.0 Å². The minimum absolute atomic E-state index is 0.0225. The Kier molecular flexibility index (Phi) is 3.52. The van der Waals surface area contributed by atoms with E-state index in [0.29, 0.717) is 0 Å². The number of halogens is 1. The van der Waals surface area contributed by atoms with E-state index < -0.39 is 11.4 Å². The average molecular weight is 211 g/mol. The van der Waals surface area contributed by atoms with Gasteiger partial charge >= 0.3 is 0 Å². The second-order valence-electron chi connectivity index (χ2n) is 4.18. The van der Waals surface area contributed by atoms with Crippen LogP contribution in [0.5, 0.6) is 0 Å². The van der Waals surface area contributed by atoms with Gasteiger partial charge in [0.1, 0.15) is 6.61 Å². The smallest absolute Gasteiger partial charge is 0.191 e. The number of carbonyl (C=O) groups excluding carboxylic acids is 1. The van der Waals surface area contributed by atoms with Crippen molar-refractivity contribution in [3.63, 3.8) is 0 Å². The van der Waals surface area contributed by atoms with Crippen molar-refractivity contribution in [2.24, 2.45) is 0 Å². The summed E-state index contributed by atoms with van der Waals surface area (Å²) in [6.07, 6.45) is 2.40. The minimum Gasteiger partial charge on any atom is -0.368 e. The van der Waals surface area contributed by atoms with Crippen LogP contribution in [0.3, 0.4) is 0 Å². The standard InChI is InChI=1S/C11H14FNO2/c1-11(2,3)15-7-10(14)8-4-5-13-6-9(8)12/h4-6H,7H2,1-3H3. The van der Waals surface area contributed by atoms with E-state index in [1.54, 1.807) is 0 Å². The summed E-state index contributed by atoms with van der Waals surface area (Å²) in [7, 11) is 0. The van der Waals surface area contributed by atoms with Gasteiger partial charge in [-0.05, 0) is 26.8 Å². The number of carbonyl (C=O) groups is 1. The van der Waals surface area contributed by atoms with Crippen molar-refractivity contribution >= 4 is 5.78 Å². The number of ketones is 1. The molecule has 0 fully saturated rings. The summed E-state index contributed by atoms with van der Waals surface area (Å²) in [5.74, 6) is -0.982. The van der Waals surface area contributed by atoms with Gasteiger partial charge in [0, 0.05) is 6.20 Å². The summed E-state index contributed by atoms with van der Waals surface area (Å²) in [5, 5.41) is 0. The van der Waals surface area contributed by atoms with Gasteiger partial charge in [0.05, 0.1) is 17.4 Å². The lowest BCUT2D eigenvalue weighted by molar-refractivity contribution is 0.00289. The third-order valence-electron chi connectivity index (χ3n) is 1.71. The maximum atomic E-state index is 13.1. The first-order valence-corrected chi connectivity index (χ1v) is 4.67. The highest BCUT2D eigenvalue weighted by molar-refractivity contribution is 5.97. The molecule has 0 aromatic carbocycles. The molecule has 82 valence electrons. The Labute approximate surface area is 88.3 Å². The predicted octanol–water partition coefficient (Wildman–Crippen LogP) is 2.22. The van der Waals surface area contributed by atoms with Crippen molar-refractivity contribution in [3.8, 4) is 0 Å². The third-order valence-corrected chi connectivity index (χ3v) is 1.71. The van der Waals surface area contributed by atoms with Gasteiger partial charge in [-0.15, -0.1) is 0 Å². The van der Waals surface area contributed by atoms with Crippen LogP contribution < -0.4 is 0 Å². The fourth-order valence-corrected chi connectivity index (χ4v) is 0.961. The highest BCUT2D eigenvalue weighted by atomic mass is 19.1. The van der Waals surface area contributed by atoms with E-state index in [0.717, 1.165) is 6.20 Å². The number of hydrogen-bond acceptors (Lipinski definition) is 3. The summed E-state index contributed by atoms with van der Waals surface area (Å²) < 4.78 is 18.4. The van der Waals surface area contributed by atoms with Crippen molar-refractivity contribution in [2.45, 2.75) is 26.4 Å². The van der Waals surface area contributed by atoms with E-state index in [9.17, 15) is 9.18 Å². The quantitative estimate of drug-likeness (QED) is 0.719. The van der Waals surface area contributed by atoms with E-state index in [1.165, 1.54) is 12.3 Å². The third kappa shape index (κ3) is 3.75. The van der Waals surface area contributed by atoms with E-state index in [-0.39, 0.29) is 18.0 Å². The molecular weight excluding hydrogens is 197 g/mol. The van der Waals surface area contributed by atoms with Gasteiger partial charge in [-0.3, -0.25) is 9.78 Å². The molecule has 4 heteroatoms. The molecule has 15 heavy (non-hydrogen) atoms. The second-order valence-corrected chi connectivity index (χ2v) is 4.18. The highest BCUT2D eigenvalue weighted by Crippen LogP contribution is 2.10. The lowest BCUT2D eigenvalue weighted by Crippen LogP contribution is -2.24. The molecule has 1 aromatic heterocycles. The molecule has 0 atom stereocenters. The summed E-state index contributed by atoms with van der Waals surface area (Å²) in [6.45, 7) is 5.39. The van der Waals surface area contributed by atoms with Crippen molar-refractivity contribution in [1.29, 1.82) is 0 Å². The van der Waals surface area contributed by atoms with Crippen molar-refractivity contribution in [1.82, 2.24) is 4.98 Å². The summed E-state index contributed by atoms with van der Waals surface area (Å²) >= 11 is 0. The molecule has 0 aliphatic heterocycles. The summed E-state index contributed by atoms with van der Waals surface area (Å²) in [4.78, 5) is 15.1. The molecule has 3 nitrogen and oxygen atoms in total. The lowest BCUT2D eigenvalue weighted by atomic mass is 10.1. The van der Waals surface area contributed by atoms with Crippen LogP contribution in [0.15, 0.2) is 18.5 Å². The van der Waals surface area contributed by atoms with Crippen LogP contribution in [0.1, 0.15) is 31.1 Å². The Balaban J connectivity index is 2.66. The first-order chi connectivity index (χ1) is 6.90. The Morgan fingerprint density at radius 1 is 1.53 bits per heavy atom. The zero-order valence-electron chi connectivity index (χ0n) is 9.08. The number of ether oxygens (including phenoxy) is 1. The first kappa shape index (κ1) is 11.8. The maximum Gasteiger partial charge on any atom is 0.191 e. The molecule has 1 rings (SSSR count). The lowest BCUT2D eigenvalue weighted by Gasteiger charge is -2.18. The van der Waals surface area contributed by atoms with Crippen LogP contribution >= 0.6 is 0 Å². The van der Waals surface area contributed by atoms with Crippen molar-refractivity contribution in [2.75, 3.05) is 6.61 Å². The zero-order valence-corrected chi connectivity index (χ0v) is 9.08. The normalized spacial score (nSPS) is 11.5. The van der Waals surface area contributed by atoms with Crippen LogP contribution in [0.4, 0.5) is 4.39 Å². The van der Waals surface area contributed by atoms with Gasteiger partial charge in [0.25, 0.3) is 0 Å². The zero-order chi connectivity index (χ0) is 11.5. The molecule has 0 bridgehead atoms. The van der Waals surface area contributed by atoms with Crippen molar-refractivity contribution < 1.29 is 13.9 Å². The predicted molar refractivity (Wildman–Crippen MR) is 54.2 cm³/mol. The van der Waals surface area contributed by atoms with Crippen LogP contribution in [-0.2, 0) is 4.74 Å². The maximum absolute atomic E-state index is 13.1. The number of hydrogen-bond donors (Lipinski definition) is 0. The number of Topliss-reactive ketones (excluding diaryl/α,β-unsaturated/α-hetero) is 1. The highest BCUT2D eigenvalue weighted by Gasteiger charge is 2.16. The Morgan fingerprint density at radius 3 is 2.73 bits per heavy atom. The molecule has 0 N–H and O–H groups in total. The molecular formula is C11H14FNO2. The molecule has 0 amide bonds. The first-order valence-electron chi connectivity index (χ1n) is 4.67. The topological polar surface area (TPSA) is 39.2 Å². The van der Waals surface area contributed by atoms with E-state index in [1.807, 2.05) is 20.8 Å². The number of pyridine rings is 1. The Bertz CT molecular complexity index is 358. The molecule has 0 aliphatic carbocycles. The molecule has 1 heterocycles. The van der Waals surface area contributed by atoms with E-state index in [4.69, 9.17) is 4.74 Å². The van der Waals surface area contributed by atoms with Crippen LogP contribution in [0.2, 0.25) is 0 Å². The fourth-order valence-electron chi connectivity index (χ4n) is 0.961. The van der Waals surface area contributed by atoms with Gasteiger partial charge in [-0.1, -0.05) is 0 Å². The monoisotopic (exact) mass is 211 g/mol. The molecule has 0 saturated carbocycles. The van der Waals surface area contributed by atoms with Gasteiger partial charge in [-0.25, -0.2) is 4.39 Å². The van der Waals surface area contributed by atoms with Gasteiger partial charge in [0.2, 0.25) is 0 Å². The number of nitrogens with zero attached hydrogens (tertiary/aromatic N) is 1. The van der Waals surface area contributed by atoms with Crippen LogP contribution in [0.25, 0.3) is 0 Å². The molecule has 0 radical (unpaired) electrons. The minimum atomic E-state index is -0.611.